The van der Waals surface area contributed by atoms with E-state index in [4.69, 9.17) is 42.6 Å². The molecule has 7 atom stereocenters. The number of aryl methyl sites for hydroxylation is 1. The summed E-state index contributed by atoms with van der Waals surface area (Å²) < 4.78 is 52.9. The standard InChI is InChI=1S/C55H62N4O14S/c1-9-18-58-39-22-32-21-30(2)46(66-8)48(70-28-67-20-19-65-7)43(32)45(58)40-23-55(64)44(49-47(71-29-72-49)31(3)50(55)60)42(59(40)41(39)24-56)26-68-51(61)38(57-52(62)73-54(4,5)6)27-74-53(63)69-25-37-35-16-12-10-14-33(35)34-15-11-13-17-36(34)37/h9-17,21,37-42,45,64H,1,18-20,22-23,25-29H2,2-8H3,(H,57,62)/t38-,39-,40-,41-,42-,45-,55?/m0/s1. The first-order chi connectivity index (χ1) is 35.5. The lowest BCUT2D eigenvalue weighted by molar-refractivity contribution is -0.160. The van der Waals surface area contributed by atoms with Crippen LogP contribution < -0.4 is 14.8 Å². The Kier molecular flexibility index (Phi) is 15.2. The third-order valence-electron chi connectivity index (χ3n) is 14.5. The summed E-state index contributed by atoms with van der Waals surface area (Å²) in [6.07, 6.45) is 0.955. The number of benzene rings is 3. The lowest BCUT2D eigenvalue weighted by Gasteiger charge is -2.63. The van der Waals surface area contributed by atoms with Gasteiger partial charge in [-0.15, -0.1) is 6.58 Å². The number of rotatable bonds is 17. The van der Waals surface area contributed by atoms with Crippen molar-refractivity contribution in [3.8, 4) is 28.7 Å². The molecule has 4 heterocycles. The minimum Gasteiger partial charge on any atom is -0.493 e. The summed E-state index contributed by atoms with van der Waals surface area (Å²) >= 11 is 0.684. The number of Topliss-reactive ketones (excluding diaryl/α,β-unsaturated/α-hetero) is 1. The summed E-state index contributed by atoms with van der Waals surface area (Å²) in [4.78, 5) is 60.4. The number of nitriles is 1. The fourth-order valence-electron chi connectivity index (χ4n) is 11.6. The molecule has 3 aromatic carbocycles. The van der Waals surface area contributed by atoms with Gasteiger partial charge >= 0.3 is 17.4 Å². The predicted molar refractivity (Wildman–Crippen MR) is 270 cm³/mol. The van der Waals surface area contributed by atoms with Crippen LogP contribution in [0.15, 0.2) is 89.9 Å². The summed E-state index contributed by atoms with van der Waals surface area (Å²) in [6, 6.07) is 14.9. The maximum Gasteiger partial charge on any atom is 0.408 e. The van der Waals surface area contributed by atoms with Crippen molar-refractivity contribution in [2.24, 2.45) is 0 Å². The van der Waals surface area contributed by atoms with Crippen LogP contribution in [0.5, 0.6) is 11.5 Å². The second-order valence-corrected chi connectivity index (χ2v) is 21.0. The van der Waals surface area contributed by atoms with E-state index in [1.165, 1.54) is 0 Å². The highest BCUT2D eigenvalue weighted by Crippen LogP contribution is 2.57. The number of nitrogens with zero attached hydrogens (tertiary/aromatic N) is 3. The number of hydrogen-bond acceptors (Lipinski definition) is 18. The topological polar surface area (TPSA) is 214 Å². The van der Waals surface area contributed by atoms with Crippen LogP contribution in [0, 0.1) is 18.3 Å². The molecule has 0 saturated carbocycles. The van der Waals surface area contributed by atoms with Gasteiger partial charge in [-0.3, -0.25) is 14.6 Å². The Balaban J connectivity index is 1.05. The molecule has 3 aromatic rings. The monoisotopic (exact) mass is 1030 g/mol. The number of piperidine rings is 1. The van der Waals surface area contributed by atoms with E-state index >= 15 is 0 Å². The first kappa shape index (κ1) is 52.5. The number of ether oxygens (including phenoxy) is 9. The molecule has 18 nitrogen and oxygen atoms in total. The zero-order valence-corrected chi connectivity index (χ0v) is 43.4. The molecule has 392 valence electrons. The van der Waals surface area contributed by atoms with Crippen LogP contribution in [-0.4, -0.2) is 146 Å². The molecule has 19 heteroatoms. The van der Waals surface area contributed by atoms with Crippen LogP contribution >= 0.6 is 11.8 Å². The zero-order chi connectivity index (χ0) is 52.6. The molecule has 2 aliphatic carbocycles. The smallest absolute Gasteiger partial charge is 0.408 e. The van der Waals surface area contributed by atoms with Gasteiger partial charge in [0.15, 0.2) is 41.2 Å². The second kappa shape index (κ2) is 21.4. The third-order valence-corrected chi connectivity index (χ3v) is 15.3. The van der Waals surface area contributed by atoms with Crippen LogP contribution in [0.2, 0.25) is 0 Å². The van der Waals surface area contributed by atoms with Crippen LogP contribution in [0.3, 0.4) is 0 Å². The van der Waals surface area contributed by atoms with Crippen LogP contribution in [0.4, 0.5) is 9.59 Å². The molecule has 3 fully saturated rings. The Morgan fingerprint density at radius 2 is 1.70 bits per heavy atom. The molecule has 1 unspecified atom stereocenters. The first-order valence-electron chi connectivity index (χ1n) is 24.6. The second-order valence-electron chi connectivity index (χ2n) is 20.0. The molecule has 2 bridgehead atoms. The average molecular weight is 1040 g/mol. The summed E-state index contributed by atoms with van der Waals surface area (Å²) in [5, 5.41) is 26.4. The Labute approximate surface area is 434 Å². The third kappa shape index (κ3) is 9.63. The van der Waals surface area contributed by atoms with E-state index in [2.05, 4.69) is 22.9 Å². The molecular weight excluding hydrogens is 973 g/mol. The fraction of sp³-hybridized carbons (Fsp3) is 0.473. The highest BCUT2D eigenvalue weighted by atomic mass is 32.2. The number of carbonyl (C=O) groups is 4. The van der Waals surface area contributed by atoms with Gasteiger partial charge in [0.25, 0.3) is 0 Å². The Morgan fingerprint density at radius 1 is 1.00 bits per heavy atom. The van der Waals surface area contributed by atoms with Gasteiger partial charge in [0.05, 0.1) is 38.5 Å². The molecule has 4 aliphatic heterocycles. The number of ketones is 1. The van der Waals surface area contributed by atoms with Gasteiger partial charge < -0.3 is 53.1 Å². The van der Waals surface area contributed by atoms with E-state index < -0.39 is 77.2 Å². The van der Waals surface area contributed by atoms with E-state index in [9.17, 15) is 29.5 Å². The maximum absolute atomic E-state index is 14.8. The van der Waals surface area contributed by atoms with Gasteiger partial charge in [0.1, 0.15) is 30.9 Å². The van der Waals surface area contributed by atoms with E-state index in [0.29, 0.717) is 48.4 Å². The lowest BCUT2D eigenvalue weighted by Crippen LogP contribution is -2.75. The summed E-state index contributed by atoms with van der Waals surface area (Å²) in [6.45, 7) is 12.5. The number of esters is 1. The van der Waals surface area contributed by atoms with Crippen molar-refractivity contribution in [1.29, 1.82) is 5.26 Å². The largest absolute Gasteiger partial charge is 0.493 e. The van der Waals surface area contributed by atoms with Crippen molar-refractivity contribution >= 4 is 34.9 Å². The fourth-order valence-corrected chi connectivity index (χ4v) is 12.3. The number of piperazine rings is 1. The number of amides is 1. The number of carbonyl (C=O) groups excluding carboxylic acids is 4. The average Bonchev–Trinajstić information content (AvgIpc) is 3.98. The van der Waals surface area contributed by atoms with Crippen molar-refractivity contribution in [3.63, 3.8) is 0 Å². The SMILES string of the molecule is C=CCN1[C@@H]2c3c(cc(C)c(OC)c3OCOCCOC)C[C@H]1[C@H](C#N)N1[C@@H](COC(=O)[C@H](CSC(=O)OCC3c4ccccc4-c4ccccc43)NC(=O)OC(C)(C)C)C3=C4OCOC4=C(C)C(=O)C3(O)C[C@@H]21. The maximum atomic E-state index is 14.8. The summed E-state index contributed by atoms with van der Waals surface area (Å²) in [5.74, 6) is -1.01. The van der Waals surface area contributed by atoms with E-state index in [1.54, 1.807) is 48.0 Å². The molecule has 6 aliphatic rings. The van der Waals surface area contributed by atoms with Gasteiger partial charge in [-0.05, 0) is 86.2 Å². The number of alkyl carbamates (subject to hydrolysis) is 1. The van der Waals surface area contributed by atoms with Crippen molar-refractivity contribution in [1.82, 2.24) is 15.1 Å². The Bertz CT molecular complexity index is 2790. The quantitative estimate of drug-likeness (QED) is 0.0469. The molecule has 0 aromatic heterocycles. The van der Waals surface area contributed by atoms with E-state index in [0.717, 1.165) is 33.4 Å². The normalized spacial score (nSPS) is 24.1. The minimum absolute atomic E-state index is 0.0346. The number of fused-ring (bicyclic) bond motifs is 11. The zero-order valence-electron chi connectivity index (χ0n) is 42.6. The highest BCUT2D eigenvalue weighted by molar-refractivity contribution is 8.13. The number of hydrogen-bond donors (Lipinski definition) is 2. The van der Waals surface area contributed by atoms with Crippen LogP contribution in [0.25, 0.3) is 11.1 Å². The number of aliphatic hydroxyl groups is 1. The van der Waals surface area contributed by atoms with Gasteiger partial charge in [0, 0.05) is 60.5 Å². The Hall–Kier alpha value is -6.40. The van der Waals surface area contributed by atoms with Gasteiger partial charge in [-0.1, -0.05) is 60.7 Å². The number of thioether (sulfide) groups is 1. The number of nitrogens with one attached hydrogen (secondary N) is 1. The van der Waals surface area contributed by atoms with Crippen molar-refractivity contribution in [3.05, 3.63) is 118 Å². The molecule has 0 spiro atoms. The molecular formula is C55H62N4O14S. The van der Waals surface area contributed by atoms with Gasteiger partial charge in [0.2, 0.25) is 6.79 Å². The summed E-state index contributed by atoms with van der Waals surface area (Å²) in [7, 11) is 3.12. The van der Waals surface area contributed by atoms with Gasteiger partial charge in [-0.25, -0.2) is 14.4 Å². The van der Waals surface area contributed by atoms with Crippen molar-refractivity contribution in [2.75, 3.05) is 66.5 Å². The van der Waals surface area contributed by atoms with E-state index in [-0.39, 0.29) is 67.6 Å². The van der Waals surface area contributed by atoms with E-state index in [1.807, 2.05) is 66.4 Å². The van der Waals surface area contributed by atoms with Crippen LogP contribution in [-0.2, 0) is 49.2 Å². The predicted octanol–water partition coefficient (Wildman–Crippen LogP) is 6.77. The molecule has 74 heavy (non-hydrogen) atoms. The van der Waals surface area contributed by atoms with Crippen LogP contribution in [0.1, 0.15) is 73.9 Å². The highest BCUT2D eigenvalue weighted by Gasteiger charge is 2.65. The minimum atomic E-state index is -2.24. The number of methoxy groups -OCH3 is 2. The first-order valence-corrected chi connectivity index (χ1v) is 25.6. The molecule has 0 radical (unpaired) electrons. The molecule has 3 saturated heterocycles. The molecule has 1 amide bonds. The summed E-state index contributed by atoms with van der Waals surface area (Å²) in [5.41, 5.74) is 3.60. The van der Waals surface area contributed by atoms with Crippen molar-refractivity contribution in [2.45, 2.75) is 101 Å². The molecule has 9 rings (SSSR count). The molecule has 2 N–H and O–H groups in total. The van der Waals surface area contributed by atoms with Crippen molar-refractivity contribution < 1.29 is 66.9 Å². The lowest BCUT2D eigenvalue weighted by atomic mass is 9.64. The van der Waals surface area contributed by atoms with Gasteiger partial charge in [-0.2, -0.15) is 5.26 Å². The Morgan fingerprint density at radius 3 is 2.36 bits per heavy atom.